The van der Waals surface area contributed by atoms with Crippen molar-refractivity contribution in [1.29, 1.82) is 0 Å². The van der Waals surface area contributed by atoms with Gasteiger partial charge in [0, 0.05) is 13.0 Å². The Morgan fingerprint density at radius 3 is 2.38 bits per heavy atom. The minimum absolute atomic E-state index is 0.0684. The van der Waals surface area contributed by atoms with E-state index in [2.05, 4.69) is 0 Å². The minimum atomic E-state index is -0.976. The highest BCUT2D eigenvalue weighted by molar-refractivity contribution is 5.79. The number of ketones is 1. The maximum atomic E-state index is 11.0. The third kappa shape index (κ3) is 2.07. The van der Waals surface area contributed by atoms with Crippen LogP contribution in [0, 0.1) is 5.92 Å². The summed E-state index contributed by atoms with van der Waals surface area (Å²) in [7, 11) is 1.49. The second-order valence-electron chi connectivity index (χ2n) is 3.55. The van der Waals surface area contributed by atoms with Crippen LogP contribution in [-0.4, -0.2) is 41.4 Å². The van der Waals surface area contributed by atoms with Gasteiger partial charge in [0.25, 0.3) is 0 Å². The average molecular weight is 188 g/mol. The normalized spacial score (nSPS) is 40.3. The molecule has 4 atom stereocenters. The molecule has 0 radical (unpaired) electrons. The first-order valence-corrected chi connectivity index (χ1v) is 4.47. The SMILES string of the molecule is CO[C@@H]1CC[C@H](C(C)=O)[C@@H](O)[C@H]1O. The summed E-state index contributed by atoms with van der Waals surface area (Å²) < 4.78 is 4.98. The van der Waals surface area contributed by atoms with Crippen LogP contribution in [0.15, 0.2) is 0 Å². The van der Waals surface area contributed by atoms with Crippen LogP contribution in [-0.2, 0) is 9.53 Å². The zero-order chi connectivity index (χ0) is 10.0. The lowest BCUT2D eigenvalue weighted by atomic mass is 9.80. The van der Waals surface area contributed by atoms with Gasteiger partial charge in [0.15, 0.2) is 0 Å². The van der Waals surface area contributed by atoms with E-state index in [1.807, 2.05) is 0 Å². The van der Waals surface area contributed by atoms with Crippen molar-refractivity contribution in [1.82, 2.24) is 0 Å². The van der Waals surface area contributed by atoms with Gasteiger partial charge in [-0.2, -0.15) is 0 Å². The van der Waals surface area contributed by atoms with Gasteiger partial charge in [0.1, 0.15) is 11.9 Å². The highest BCUT2D eigenvalue weighted by atomic mass is 16.5. The number of hydrogen-bond donors (Lipinski definition) is 2. The number of carbonyl (C=O) groups is 1. The Morgan fingerprint density at radius 2 is 1.92 bits per heavy atom. The van der Waals surface area contributed by atoms with E-state index in [-0.39, 0.29) is 11.9 Å². The lowest BCUT2D eigenvalue weighted by Gasteiger charge is -2.35. The van der Waals surface area contributed by atoms with Crippen molar-refractivity contribution < 1.29 is 19.7 Å². The predicted molar refractivity (Wildman–Crippen MR) is 46.2 cm³/mol. The van der Waals surface area contributed by atoms with Gasteiger partial charge < -0.3 is 14.9 Å². The van der Waals surface area contributed by atoms with Crippen molar-refractivity contribution in [3.8, 4) is 0 Å². The van der Waals surface area contributed by atoms with E-state index in [4.69, 9.17) is 4.74 Å². The Balaban J connectivity index is 2.64. The van der Waals surface area contributed by atoms with Crippen LogP contribution in [0.25, 0.3) is 0 Å². The standard InChI is InChI=1S/C9H16O4/c1-5(10)6-3-4-7(13-2)9(12)8(6)11/h6-9,11-12H,3-4H2,1-2H3/t6-,7-,8-,9+/m1/s1. The number of carbonyl (C=O) groups excluding carboxylic acids is 1. The zero-order valence-corrected chi connectivity index (χ0v) is 7.93. The average Bonchev–Trinajstić information content (AvgIpc) is 2.09. The van der Waals surface area contributed by atoms with Crippen molar-refractivity contribution in [2.75, 3.05) is 7.11 Å². The molecular weight excluding hydrogens is 172 g/mol. The lowest BCUT2D eigenvalue weighted by Crippen LogP contribution is -2.49. The number of aliphatic hydroxyl groups excluding tert-OH is 2. The number of aliphatic hydroxyl groups is 2. The third-order valence-corrected chi connectivity index (χ3v) is 2.73. The molecule has 1 saturated carbocycles. The molecule has 2 N–H and O–H groups in total. The molecule has 0 aliphatic heterocycles. The molecule has 1 rings (SSSR count). The summed E-state index contributed by atoms with van der Waals surface area (Å²) in [6, 6.07) is 0. The van der Waals surface area contributed by atoms with Crippen LogP contribution in [0.5, 0.6) is 0 Å². The molecule has 0 unspecified atom stereocenters. The first-order chi connectivity index (χ1) is 6.07. The second kappa shape index (κ2) is 4.17. The summed E-state index contributed by atoms with van der Waals surface area (Å²) in [5.74, 6) is -0.498. The largest absolute Gasteiger partial charge is 0.390 e. The van der Waals surface area contributed by atoms with E-state index >= 15 is 0 Å². The van der Waals surface area contributed by atoms with Crippen molar-refractivity contribution in [2.45, 2.75) is 38.1 Å². The van der Waals surface area contributed by atoms with Crippen LogP contribution in [0.4, 0.5) is 0 Å². The maximum absolute atomic E-state index is 11.0. The van der Waals surface area contributed by atoms with E-state index in [1.54, 1.807) is 0 Å². The van der Waals surface area contributed by atoms with Gasteiger partial charge in [-0.05, 0) is 19.8 Å². The smallest absolute Gasteiger partial charge is 0.135 e. The molecule has 1 fully saturated rings. The molecule has 13 heavy (non-hydrogen) atoms. The van der Waals surface area contributed by atoms with Gasteiger partial charge in [-0.3, -0.25) is 4.79 Å². The molecule has 1 aliphatic carbocycles. The molecule has 0 aromatic heterocycles. The van der Waals surface area contributed by atoms with E-state index in [0.29, 0.717) is 12.8 Å². The second-order valence-corrected chi connectivity index (χ2v) is 3.55. The summed E-state index contributed by atoms with van der Waals surface area (Å²) in [6.07, 6.45) is -1.04. The molecule has 0 aromatic rings. The number of hydrogen-bond acceptors (Lipinski definition) is 4. The Labute approximate surface area is 77.5 Å². The molecule has 0 amide bonds. The number of rotatable bonds is 2. The molecule has 76 valence electrons. The molecule has 0 aromatic carbocycles. The first-order valence-electron chi connectivity index (χ1n) is 4.47. The topological polar surface area (TPSA) is 66.8 Å². The van der Waals surface area contributed by atoms with Crippen LogP contribution in [0.3, 0.4) is 0 Å². The third-order valence-electron chi connectivity index (χ3n) is 2.73. The minimum Gasteiger partial charge on any atom is -0.390 e. The monoisotopic (exact) mass is 188 g/mol. The van der Waals surface area contributed by atoms with Gasteiger partial charge in [-0.15, -0.1) is 0 Å². The summed E-state index contributed by atoms with van der Waals surface area (Å²) in [5.41, 5.74) is 0. The van der Waals surface area contributed by atoms with E-state index < -0.39 is 18.1 Å². The predicted octanol–water partition coefficient (Wildman–Crippen LogP) is -0.278. The van der Waals surface area contributed by atoms with Crippen molar-refractivity contribution in [3.05, 3.63) is 0 Å². The highest BCUT2D eigenvalue weighted by Gasteiger charge is 2.39. The Hall–Kier alpha value is -0.450. The zero-order valence-electron chi connectivity index (χ0n) is 7.93. The van der Waals surface area contributed by atoms with Crippen molar-refractivity contribution in [2.24, 2.45) is 5.92 Å². The van der Waals surface area contributed by atoms with Crippen LogP contribution in [0.2, 0.25) is 0 Å². The summed E-state index contributed by atoms with van der Waals surface area (Å²) in [6.45, 7) is 1.44. The summed E-state index contributed by atoms with van der Waals surface area (Å²) in [4.78, 5) is 11.0. The van der Waals surface area contributed by atoms with E-state index in [9.17, 15) is 15.0 Å². The highest BCUT2D eigenvalue weighted by Crippen LogP contribution is 2.27. The molecule has 0 spiro atoms. The van der Waals surface area contributed by atoms with Crippen molar-refractivity contribution in [3.63, 3.8) is 0 Å². The molecule has 1 aliphatic rings. The van der Waals surface area contributed by atoms with Gasteiger partial charge in [0.2, 0.25) is 0 Å². The molecular formula is C9H16O4. The fourth-order valence-electron chi connectivity index (χ4n) is 1.84. The number of methoxy groups -OCH3 is 1. The van der Waals surface area contributed by atoms with E-state index in [1.165, 1.54) is 14.0 Å². The maximum Gasteiger partial charge on any atom is 0.135 e. The molecule has 0 heterocycles. The summed E-state index contributed by atoms with van der Waals surface area (Å²) >= 11 is 0. The molecule has 0 saturated heterocycles. The van der Waals surface area contributed by atoms with E-state index in [0.717, 1.165) is 0 Å². The summed E-state index contributed by atoms with van der Waals surface area (Å²) in [5, 5.41) is 19.1. The Kier molecular flexibility index (Phi) is 3.41. The van der Waals surface area contributed by atoms with Crippen molar-refractivity contribution >= 4 is 5.78 Å². The fourth-order valence-corrected chi connectivity index (χ4v) is 1.84. The van der Waals surface area contributed by atoms with Crippen LogP contribution < -0.4 is 0 Å². The fraction of sp³-hybridized carbons (Fsp3) is 0.889. The van der Waals surface area contributed by atoms with Crippen LogP contribution in [0.1, 0.15) is 19.8 Å². The number of ether oxygens (including phenoxy) is 1. The van der Waals surface area contributed by atoms with Gasteiger partial charge >= 0.3 is 0 Å². The molecule has 4 heteroatoms. The van der Waals surface area contributed by atoms with Gasteiger partial charge in [0.05, 0.1) is 12.2 Å². The van der Waals surface area contributed by atoms with Gasteiger partial charge in [-0.25, -0.2) is 0 Å². The van der Waals surface area contributed by atoms with Crippen LogP contribution >= 0.6 is 0 Å². The number of Topliss-reactive ketones (excluding diaryl/α,β-unsaturated/α-hetero) is 1. The molecule has 0 bridgehead atoms. The Bertz CT molecular complexity index is 192. The molecule has 4 nitrogen and oxygen atoms in total. The quantitative estimate of drug-likeness (QED) is 0.625. The van der Waals surface area contributed by atoms with Gasteiger partial charge in [-0.1, -0.05) is 0 Å². The Morgan fingerprint density at radius 1 is 1.31 bits per heavy atom. The lowest BCUT2D eigenvalue weighted by molar-refractivity contribution is -0.145. The first kappa shape index (κ1) is 10.6.